The van der Waals surface area contributed by atoms with Gasteiger partial charge in [0.2, 0.25) is 11.8 Å². The number of piperazine rings is 1. The lowest BCUT2D eigenvalue weighted by atomic mass is 10.1. The van der Waals surface area contributed by atoms with Gasteiger partial charge in [-0.2, -0.15) is 0 Å². The summed E-state index contributed by atoms with van der Waals surface area (Å²) in [7, 11) is 0. The molecule has 0 saturated carbocycles. The van der Waals surface area contributed by atoms with Crippen LogP contribution in [0.15, 0.2) is 54.6 Å². The molecule has 4 rings (SSSR count). The fraction of sp³-hybridized carbons (Fsp3) is 0.333. The fourth-order valence-corrected chi connectivity index (χ4v) is 3.95. The van der Waals surface area contributed by atoms with E-state index in [9.17, 15) is 9.59 Å². The molecule has 0 aromatic heterocycles. The SMILES string of the molecule is O=C1C[C@H](N2CCN(c3ccccc3)CC2)C(=O)N1Cc1ccc(Cl)cc1. The maximum Gasteiger partial charge on any atom is 0.247 e. The van der Waals surface area contributed by atoms with Crippen LogP contribution in [0.3, 0.4) is 0 Å². The molecule has 140 valence electrons. The van der Waals surface area contributed by atoms with Crippen LogP contribution in [0.2, 0.25) is 5.02 Å². The first kappa shape index (κ1) is 18.0. The number of anilines is 1. The van der Waals surface area contributed by atoms with E-state index in [1.165, 1.54) is 10.6 Å². The third-order valence-corrected chi connectivity index (χ3v) is 5.60. The molecule has 2 fully saturated rings. The van der Waals surface area contributed by atoms with Gasteiger partial charge in [-0.25, -0.2) is 0 Å². The number of benzene rings is 2. The van der Waals surface area contributed by atoms with E-state index < -0.39 is 0 Å². The van der Waals surface area contributed by atoms with Crippen LogP contribution in [-0.2, 0) is 16.1 Å². The maximum atomic E-state index is 12.9. The number of hydrogen-bond donors (Lipinski definition) is 0. The van der Waals surface area contributed by atoms with Crippen LogP contribution >= 0.6 is 11.6 Å². The van der Waals surface area contributed by atoms with Crippen LogP contribution < -0.4 is 4.90 Å². The number of imide groups is 1. The summed E-state index contributed by atoms with van der Waals surface area (Å²) in [6.07, 6.45) is 0.276. The summed E-state index contributed by atoms with van der Waals surface area (Å²) in [5.74, 6) is -0.173. The topological polar surface area (TPSA) is 43.9 Å². The molecule has 2 aliphatic rings. The summed E-state index contributed by atoms with van der Waals surface area (Å²) in [6.45, 7) is 3.61. The minimum Gasteiger partial charge on any atom is -0.369 e. The minimum absolute atomic E-state index is 0.0805. The highest BCUT2D eigenvalue weighted by Gasteiger charge is 2.42. The number of hydrogen-bond acceptors (Lipinski definition) is 4. The van der Waals surface area contributed by atoms with Crippen molar-refractivity contribution >= 4 is 29.1 Å². The van der Waals surface area contributed by atoms with Gasteiger partial charge in [0.25, 0.3) is 0 Å². The fourth-order valence-electron chi connectivity index (χ4n) is 3.82. The van der Waals surface area contributed by atoms with Gasteiger partial charge in [-0.1, -0.05) is 41.9 Å². The zero-order valence-electron chi connectivity index (χ0n) is 15.1. The lowest BCUT2D eigenvalue weighted by Gasteiger charge is -2.38. The lowest BCUT2D eigenvalue weighted by Crippen LogP contribution is -2.52. The molecule has 2 aliphatic heterocycles. The number of halogens is 1. The third kappa shape index (κ3) is 3.84. The summed E-state index contributed by atoms with van der Waals surface area (Å²) >= 11 is 5.91. The standard InChI is InChI=1S/C21H22ClN3O2/c22-17-8-6-16(7-9-17)15-25-20(26)14-19(21(25)27)24-12-10-23(11-13-24)18-4-2-1-3-5-18/h1-9,19H,10-15H2/t19-/m0/s1. The quantitative estimate of drug-likeness (QED) is 0.761. The van der Waals surface area contributed by atoms with Gasteiger partial charge in [0.1, 0.15) is 0 Å². The number of carbonyl (C=O) groups is 2. The number of carbonyl (C=O) groups excluding carboxylic acids is 2. The van der Waals surface area contributed by atoms with Gasteiger partial charge in [-0.15, -0.1) is 0 Å². The molecular weight excluding hydrogens is 362 g/mol. The number of nitrogens with zero attached hydrogens (tertiary/aromatic N) is 3. The molecule has 27 heavy (non-hydrogen) atoms. The van der Waals surface area contributed by atoms with Gasteiger partial charge in [0.15, 0.2) is 0 Å². The van der Waals surface area contributed by atoms with Gasteiger partial charge >= 0.3 is 0 Å². The maximum absolute atomic E-state index is 12.9. The molecule has 6 heteroatoms. The molecule has 2 heterocycles. The van der Waals surface area contributed by atoms with Crippen molar-refractivity contribution < 1.29 is 9.59 Å². The summed E-state index contributed by atoms with van der Waals surface area (Å²) < 4.78 is 0. The van der Waals surface area contributed by atoms with Crippen LogP contribution in [0.4, 0.5) is 5.69 Å². The first-order valence-corrected chi connectivity index (χ1v) is 9.62. The zero-order chi connectivity index (χ0) is 18.8. The summed E-state index contributed by atoms with van der Waals surface area (Å²) in [4.78, 5) is 31.2. The second-order valence-electron chi connectivity index (χ2n) is 7.02. The van der Waals surface area contributed by atoms with Crippen LogP contribution in [0.1, 0.15) is 12.0 Å². The molecule has 2 amide bonds. The predicted molar refractivity (Wildman–Crippen MR) is 106 cm³/mol. The predicted octanol–water partition coefficient (Wildman–Crippen LogP) is 2.79. The van der Waals surface area contributed by atoms with Crippen molar-refractivity contribution in [1.82, 2.24) is 9.80 Å². The smallest absolute Gasteiger partial charge is 0.247 e. The first-order valence-electron chi connectivity index (χ1n) is 9.24. The lowest BCUT2D eigenvalue weighted by molar-refractivity contribution is -0.140. The van der Waals surface area contributed by atoms with Gasteiger partial charge in [0, 0.05) is 36.9 Å². The van der Waals surface area contributed by atoms with Gasteiger partial charge in [-0.3, -0.25) is 19.4 Å². The van der Waals surface area contributed by atoms with E-state index in [1.54, 1.807) is 12.1 Å². The van der Waals surface area contributed by atoms with Crippen molar-refractivity contribution in [1.29, 1.82) is 0 Å². The Labute approximate surface area is 164 Å². The van der Waals surface area contributed by atoms with E-state index in [0.717, 1.165) is 31.7 Å². The van der Waals surface area contributed by atoms with Gasteiger partial charge < -0.3 is 4.90 Å². The van der Waals surface area contributed by atoms with E-state index in [1.807, 2.05) is 30.3 Å². The summed E-state index contributed by atoms with van der Waals surface area (Å²) in [5.41, 5.74) is 2.12. The normalized spacial score (nSPS) is 21.1. The zero-order valence-corrected chi connectivity index (χ0v) is 15.8. The average molecular weight is 384 g/mol. The van der Waals surface area contributed by atoms with E-state index in [2.05, 4.69) is 21.9 Å². The van der Waals surface area contributed by atoms with Crippen LogP contribution in [0, 0.1) is 0 Å². The Bertz CT molecular complexity index is 817. The highest BCUT2D eigenvalue weighted by molar-refractivity contribution is 6.30. The number of para-hydroxylation sites is 1. The Kier molecular flexibility index (Phi) is 5.14. The largest absolute Gasteiger partial charge is 0.369 e. The minimum atomic E-state index is -0.331. The Morgan fingerprint density at radius 2 is 1.56 bits per heavy atom. The Morgan fingerprint density at radius 1 is 0.889 bits per heavy atom. The van der Waals surface area contributed by atoms with Crippen LogP contribution in [0.5, 0.6) is 0 Å². The van der Waals surface area contributed by atoms with Crippen molar-refractivity contribution in [3.05, 3.63) is 65.2 Å². The van der Waals surface area contributed by atoms with Crippen LogP contribution in [0.25, 0.3) is 0 Å². The van der Waals surface area contributed by atoms with Crippen LogP contribution in [-0.4, -0.2) is 53.8 Å². The van der Waals surface area contributed by atoms with E-state index >= 15 is 0 Å². The molecule has 0 N–H and O–H groups in total. The van der Waals surface area contributed by atoms with Crippen molar-refractivity contribution in [3.8, 4) is 0 Å². The monoisotopic (exact) mass is 383 g/mol. The highest BCUT2D eigenvalue weighted by Crippen LogP contribution is 2.24. The number of amides is 2. The van der Waals surface area contributed by atoms with E-state index in [-0.39, 0.29) is 24.3 Å². The Hall–Kier alpha value is -2.37. The average Bonchev–Trinajstić information content (AvgIpc) is 2.99. The van der Waals surface area contributed by atoms with Crippen molar-refractivity contribution in [2.24, 2.45) is 0 Å². The van der Waals surface area contributed by atoms with E-state index in [0.29, 0.717) is 11.6 Å². The molecular formula is C21H22ClN3O2. The number of likely N-dealkylation sites (tertiary alicyclic amines) is 1. The molecule has 0 unspecified atom stereocenters. The first-order chi connectivity index (χ1) is 13.1. The second kappa shape index (κ2) is 7.71. The third-order valence-electron chi connectivity index (χ3n) is 5.35. The van der Waals surface area contributed by atoms with Crippen molar-refractivity contribution in [2.75, 3.05) is 31.1 Å². The molecule has 0 aliphatic carbocycles. The molecule has 2 aromatic rings. The highest BCUT2D eigenvalue weighted by atomic mass is 35.5. The molecule has 0 radical (unpaired) electrons. The van der Waals surface area contributed by atoms with Gasteiger partial charge in [-0.05, 0) is 29.8 Å². The summed E-state index contributed by atoms with van der Waals surface area (Å²) in [6, 6.07) is 17.2. The Balaban J connectivity index is 1.38. The van der Waals surface area contributed by atoms with Crippen molar-refractivity contribution in [3.63, 3.8) is 0 Å². The number of rotatable bonds is 4. The molecule has 2 saturated heterocycles. The molecule has 0 spiro atoms. The molecule has 2 aromatic carbocycles. The molecule has 0 bridgehead atoms. The Morgan fingerprint density at radius 3 is 2.22 bits per heavy atom. The summed E-state index contributed by atoms with van der Waals surface area (Å²) in [5, 5.41) is 0.645. The molecule has 1 atom stereocenters. The van der Waals surface area contributed by atoms with E-state index in [4.69, 9.17) is 11.6 Å². The molecule has 5 nitrogen and oxygen atoms in total. The second-order valence-corrected chi connectivity index (χ2v) is 7.46. The van der Waals surface area contributed by atoms with Gasteiger partial charge in [0.05, 0.1) is 19.0 Å². The van der Waals surface area contributed by atoms with Crippen molar-refractivity contribution in [2.45, 2.75) is 19.0 Å².